The van der Waals surface area contributed by atoms with Crippen LogP contribution < -0.4 is 0 Å². The molecule has 0 amide bonds. The molecule has 0 aromatic heterocycles. The van der Waals surface area contributed by atoms with Crippen molar-refractivity contribution < 1.29 is 8.42 Å². The van der Waals surface area contributed by atoms with Crippen molar-refractivity contribution in [1.82, 2.24) is 4.90 Å². The van der Waals surface area contributed by atoms with Gasteiger partial charge in [-0.15, -0.1) is 0 Å². The van der Waals surface area contributed by atoms with Gasteiger partial charge in [-0.1, -0.05) is 0 Å². The lowest BCUT2D eigenvalue weighted by Gasteiger charge is -2.35. The molecule has 4 nitrogen and oxygen atoms in total. The Balaban J connectivity index is 2.65. The third kappa shape index (κ3) is 4.49. The van der Waals surface area contributed by atoms with Gasteiger partial charge in [0.2, 0.25) is 0 Å². The molecular weight excluding hydrogens is 256 g/mol. The van der Waals surface area contributed by atoms with Crippen LogP contribution in [0, 0.1) is 16.7 Å². The lowest BCUT2D eigenvalue weighted by molar-refractivity contribution is 0.239. The molecule has 0 bridgehead atoms. The van der Waals surface area contributed by atoms with Gasteiger partial charge in [0.05, 0.1) is 11.5 Å². The van der Waals surface area contributed by atoms with E-state index in [1.807, 2.05) is 18.7 Å². The van der Waals surface area contributed by atoms with E-state index < -0.39 is 9.84 Å². The van der Waals surface area contributed by atoms with E-state index in [1.54, 1.807) is 11.8 Å². The van der Waals surface area contributed by atoms with Gasteiger partial charge in [0.15, 0.2) is 9.84 Å². The first-order valence-electron chi connectivity index (χ1n) is 5.68. The molecule has 0 aromatic rings. The number of hydrogen-bond donors (Lipinski definition) is 0. The number of rotatable bonds is 4. The fourth-order valence-electron chi connectivity index (χ4n) is 1.74. The molecule has 1 fully saturated rings. The molecule has 17 heavy (non-hydrogen) atoms. The van der Waals surface area contributed by atoms with Crippen LogP contribution >= 0.6 is 11.8 Å². The first-order valence-corrected chi connectivity index (χ1v) is 8.79. The standard InChI is InChI=1S/C11H20N2O2S2/c1-11(2,9-12)4-5-13-6-7-16-8-10(13)17(3,14)15/h10H,4-8H2,1-3H3. The van der Waals surface area contributed by atoms with E-state index >= 15 is 0 Å². The maximum atomic E-state index is 11.7. The predicted molar refractivity (Wildman–Crippen MR) is 71.5 cm³/mol. The van der Waals surface area contributed by atoms with Gasteiger partial charge in [0, 0.05) is 30.9 Å². The van der Waals surface area contributed by atoms with Crippen molar-refractivity contribution in [1.29, 1.82) is 5.26 Å². The zero-order chi connectivity index (χ0) is 13.1. The van der Waals surface area contributed by atoms with Crippen LogP contribution in [0.15, 0.2) is 0 Å². The van der Waals surface area contributed by atoms with E-state index in [1.165, 1.54) is 6.26 Å². The summed E-state index contributed by atoms with van der Waals surface area (Å²) in [5, 5.41) is 8.58. The molecule has 1 unspecified atom stereocenters. The van der Waals surface area contributed by atoms with Crippen molar-refractivity contribution in [3.8, 4) is 6.07 Å². The summed E-state index contributed by atoms with van der Waals surface area (Å²) < 4.78 is 23.3. The van der Waals surface area contributed by atoms with Crippen molar-refractivity contribution in [3.05, 3.63) is 0 Å². The molecule has 1 rings (SSSR count). The Kier molecular flexibility index (Phi) is 4.87. The molecule has 0 N–H and O–H groups in total. The Labute approximate surface area is 108 Å². The molecule has 0 aromatic carbocycles. The van der Waals surface area contributed by atoms with E-state index in [0.29, 0.717) is 18.7 Å². The lowest BCUT2D eigenvalue weighted by atomic mass is 9.91. The van der Waals surface area contributed by atoms with Crippen LogP contribution in [0.1, 0.15) is 20.3 Å². The highest BCUT2D eigenvalue weighted by Crippen LogP contribution is 2.24. The molecule has 1 saturated heterocycles. The topological polar surface area (TPSA) is 61.2 Å². The van der Waals surface area contributed by atoms with Gasteiger partial charge in [0.25, 0.3) is 0 Å². The minimum atomic E-state index is -3.03. The minimum absolute atomic E-state index is 0.379. The largest absolute Gasteiger partial charge is 0.286 e. The molecule has 1 aliphatic heterocycles. The highest BCUT2D eigenvalue weighted by molar-refractivity contribution is 8.00. The summed E-state index contributed by atoms with van der Waals surface area (Å²) in [6.07, 6.45) is 2.01. The van der Waals surface area contributed by atoms with E-state index in [9.17, 15) is 8.42 Å². The highest BCUT2D eigenvalue weighted by Gasteiger charge is 2.31. The van der Waals surface area contributed by atoms with Gasteiger partial charge < -0.3 is 0 Å². The van der Waals surface area contributed by atoms with Gasteiger partial charge in [0.1, 0.15) is 5.37 Å². The fourth-order valence-corrected chi connectivity index (χ4v) is 4.72. The van der Waals surface area contributed by atoms with Gasteiger partial charge >= 0.3 is 0 Å². The number of nitriles is 1. The average Bonchev–Trinajstić information content (AvgIpc) is 2.26. The van der Waals surface area contributed by atoms with Crippen LogP contribution in [0.4, 0.5) is 0 Å². The van der Waals surface area contributed by atoms with Gasteiger partial charge in [-0.05, 0) is 20.3 Å². The van der Waals surface area contributed by atoms with Gasteiger partial charge in [-0.2, -0.15) is 17.0 Å². The molecule has 1 atom stereocenters. The second-order valence-corrected chi connectivity index (χ2v) is 8.49. The van der Waals surface area contributed by atoms with Crippen LogP contribution in [0.5, 0.6) is 0 Å². The Morgan fingerprint density at radius 1 is 1.53 bits per heavy atom. The Hall–Kier alpha value is -0.250. The van der Waals surface area contributed by atoms with E-state index in [0.717, 1.165) is 12.3 Å². The summed E-state index contributed by atoms with van der Waals surface area (Å²) in [5.74, 6) is 1.62. The van der Waals surface area contributed by atoms with Crippen molar-refractivity contribution in [3.63, 3.8) is 0 Å². The molecule has 98 valence electrons. The molecule has 1 aliphatic rings. The third-order valence-electron chi connectivity index (χ3n) is 3.01. The summed E-state index contributed by atoms with van der Waals surface area (Å²) in [5.41, 5.74) is -0.382. The van der Waals surface area contributed by atoms with Crippen molar-refractivity contribution in [2.75, 3.05) is 30.9 Å². The Morgan fingerprint density at radius 2 is 2.18 bits per heavy atom. The van der Waals surface area contributed by atoms with Crippen molar-refractivity contribution in [2.24, 2.45) is 5.41 Å². The average molecular weight is 276 g/mol. The second-order valence-electron chi connectivity index (χ2n) is 5.14. The van der Waals surface area contributed by atoms with Crippen LogP contribution in [-0.2, 0) is 9.84 Å². The summed E-state index contributed by atoms with van der Waals surface area (Å²) in [7, 11) is -3.03. The van der Waals surface area contributed by atoms with Crippen molar-refractivity contribution in [2.45, 2.75) is 25.6 Å². The zero-order valence-corrected chi connectivity index (χ0v) is 12.3. The second kappa shape index (κ2) is 5.59. The highest BCUT2D eigenvalue weighted by atomic mass is 32.2. The normalized spacial score (nSPS) is 23.3. The number of thioether (sulfide) groups is 1. The monoisotopic (exact) mass is 276 g/mol. The molecule has 0 aliphatic carbocycles. The minimum Gasteiger partial charge on any atom is -0.286 e. The summed E-state index contributed by atoms with van der Waals surface area (Å²) in [6.45, 7) is 5.26. The van der Waals surface area contributed by atoms with Gasteiger partial charge in [-0.25, -0.2) is 8.42 Å². The zero-order valence-electron chi connectivity index (χ0n) is 10.6. The van der Waals surface area contributed by atoms with Crippen LogP contribution in [-0.4, -0.2) is 49.5 Å². The quantitative estimate of drug-likeness (QED) is 0.775. The molecule has 0 radical (unpaired) electrons. The molecular formula is C11H20N2O2S2. The first-order chi connectivity index (χ1) is 7.76. The Morgan fingerprint density at radius 3 is 2.71 bits per heavy atom. The maximum Gasteiger partial charge on any atom is 0.164 e. The fraction of sp³-hybridized carbons (Fsp3) is 0.909. The van der Waals surface area contributed by atoms with E-state index in [-0.39, 0.29) is 10.8 Å². The lowest BCUT2D eigenvalue weighted by Crippen LogP contribution is -2.47. The van der Waals surface area contributed by atoms with Crippen LogP contribution in [0.25, 0.3) is 0 Å². The summed E-state index contributed by atoms with van der Waals surface area (Å²) in [6, 6.07) is 2.25. The van der Waals surface area contributed by atoms with E-state index in [2.05, 4.69) is 6.07 Å². The molecule has 0 spiro atoms. The number of nitrogens with zero attached hydrogens (tertiary/aromatic N) is 2. The summed E-state index contributed by atoms with van der Waals surface area (Å²) >= 11 is 1.69. The number of hydrogen-bond acceptors (Lipinski definition) is 5. The van der Waals surface area contributed by atoms with E-state index in [4.69, 9.17) is 5.26 Å². The number of sulfone groups is 1. The van der Waals surface area contributed by atoms with Crippen LogP contribution in [0.3, 0.4) is 0 Å². The predicted octanol–water partition coefficient (Wildman–Crippen LogP) is 1.35. The molecule has 0 saturated carbocycles. The maximum absolute atomic E-state index is 11.7. The SMILES string of the molecule is CC(C)(C#N)CCN1CCSCC1S(C)(=O)=O. The smallest absolute Gasteiger partial charge is 0.164 e. The van der Waals surface area contributed by atoms with Gasteiger partial charge in [-0.3, -0.25) is 4.90 Å². The van der Waals surface area contributed by atoms with Crippen molar-refractivity contribution >= 4 is 21.6 Å². The Bertz CT molecular complexity index is 398. The third-order valence-corrected chi connectivity index (χ3v) is 5.70. The summed E-state index contributed by atoms with van der Waals surface area (Å²) in [4.78, 5) is 2.00. The molecule has 1 heterocycles. The van der Waals surface area contributed by atoms with Crippen LogP contribution in [0.2, 0.25) is 0 Å². The molecule has 6 heteroatoms. The first kappa shape index (κ1) is 14.8.